The number of benzene rings is 1. The zero-order valence-corrected chi connectivity index (χ0v) is 12.5. The third kappa shape index (κ3) is 2.00. The summed E-state index contributed by atoms with van der Waals surface area (Å²) < 4.78 is 7.63. The van der Waals surface area contributed by atoms with Crippen molar-refractivity contribution in [2.45, 2.75) is 37.8 Å². The molecule has 2 aliphatic rings. The first-order valence-electron chi connectivity index (χ1n) is 7.99. The van der Waals surface area contributed by atoms with Crippen LogP contribution in [0.2, 0.25) is 0 Å². The van der Waals surface area contributed by atoms with E-state index in [4.69, 9.17) is 15.5 Å². The van der Waals surface area contributed by atoms with Crippen molar-refractivity contribution in [3.63, 3.8) is 0 Å². The number of nitrogens with zero attached hydrogens (tertiary/aromatic N) is 2. The van der Waals surface area contributed by atoms with E-state index in [1.807, 2.05) is 0 Å². The SMILES string of the molecule is COCCn1c(C2C3CCC(C3)C2N)nc2ccccc21. The lowest BCUT2D eigenvalue weighted by molar-refractivity contribution is 0.186. The topological polar surface area (TPSA) is 53.1 Å². The number of nitrogens with two attached hydrogens (primary N) is 1. The average molecular weight is 285 g/mol. The van der Waals surface area contributed by atoms with Gasteiger partial charge in [0.25, 0.3) is 0 Å². The Morgan fingerprint density at radius 1 is 1.29 bits per heavy atom. The van der Waals surface area contributed by atoms with Crippen LogP contribution in [-0.2, 0) is 11.3 Å². The van der Waals surface area contributed by atoms with Crippen molar-refractivity contribution < 1.29 is 4.74 Å². The molecular formula is C17H23N3O. The Kier molecular flexibility index (Phi) is 3.23. The standard InChI is InChI=1S/C17H23N3O/c1-21-9-8-20-14-5-3-2-4-13(14)19-17(20)15-11-6-7-12(10-11)16(15)18/h2-5,11-12,15-16H,6-10,18H2,1H3. The van der Waals surface area contributed by atoms with E-state index in [0.717, 1.165) is 18.0 Å². The minimum Gasteiger partial charge on any atom is -0.383 e. The molecule has 0 radical (unpaired) electrons. The fourth-order valence-electron chi connectivity index (χ4n) is 4.49. The monoisotopic (exact) mass is 285 g/mol. The normalized spacial score (nSPS) is 31.3. The van der Waals surface area contributed by atoms with Gasteiger partial charge in [-0.1, -0.05) is 12.1 Å². The van der Waals surface area contributed by atoms with Gasteiger partial charge in [-0.3, -0.25) is 0 Å². The quantitative estimate of drug-likeness (QED) is 0.939. The maximum absolute atomic E-state index is 6.53. The Bertz CT molecular complexity index is 649. The number of hydrogen-bond donors (Lipinski definition) is 1. The highest BCUT2D eigenvalue weighted by Crippen LogP contribution is 2.52. The minimum atomic E-state index is 0.279. The highest BCUT2D eigenvalue weighted by atomic mass is 16.5. The number of para-hydroxylation sites is 2. The van der Waals surface area contributed by atoms with Crippen molar-refractivity contribution in [1.29, 1.82) is 0 Å². The van der Waals surface area contributed by atoms with Gasteiger partial charge in [0.15, 0.2) is 0 Å². The van der Waals surface area contributed by atoms with Gasteiger partial charge in [-0.05, 0) is 43.2 Å². The smallest absolute Gasteiger partial charge is 0.114 e. The minimum absolute atomic E-state index is 0.279. The van der Waals surface area contributed by atoms with E-state index in [-0.39, 0.29) is 6.04 Å². The molecule has 2 aliphatic carbocycles. The number of aromatic nitrogens is 2. The lowest BCUT2D eigenvalue weighted by Crippen LogP contribution is -2.35. The van der Waals surface area contributed by atoms with E-state index >= 15 is 0 Å². The second-order valence-electron chi connectivity index (χ2n) is 6.54. The van der Waals surface area contributed by atoms with Crippen LogP contribution in [0.3, 0.4) is 0 Å². The molecule has 4 nitrogen and oxygen atoms in total. The summed E-state index contributed by atoms with van der Waals surface area (Å²) in [5.41, 5.74) is 8.82. The van der Waals surface area contributed by atoms with Crippen molar-refractivity contribution in [3.05, 3.63) is 30.1 Å². The maximum atomic E-state index is 6.53. The molecular weight excluding hydrogens is 262 g/mol. The second kappa shape index (κ2) is 5.11. The molecule has 1 aromatic heterocycles. The molecule has 2 bridgehead atoms. The van der Waals surface area contributed by atoms with Crippen LogP contribution in [0.1, 0.15) is 31.0 Å². The Labute approximate surface area is 125 Å². The van der Waals surface area contributed by atoms with Gasteiger partial charge in [-0.25, -0.2) is 4.98 Å². The molecule has 2 aromatic rings. The summed E-state index contributed by atoms with van der Waals surface area (Å²) in [6.07, 6.45) is 3.91. The van der Waals surface area contributed by atoms with Crippen molar-refractivity contribution in [1.82, 2.24) is 9.55 Å². The molecule has 4 heteroatoms. The van der Waals surface area contributed by atoms with Crippen LogP contribution >= 0.6 is 0 Å². The molecule has 4 unspecified atom stereocenters. The number of fused-ring (bicyclic) bond motifs is 3. The zero-order valence-electron chi connectivity index (χ0n) is 12.5. The fourth-order valence-corrected chi connectivity index (χ4v) is 4.49. The number of ether oxygens (including phenoxy) is 1. The Morgan fingerprint density at radius 2 is 2.10 bits per heavy atom. The predicted octanol–water partition coefficient (Wildman–Crippen LogP) is 2.52. The van der Waals surface area contributed by atoms with Crippen molar-refractivity contribution in [2.75, 3.05) is 13.7 Å². The zero-order chi connectivity index (χ0) is 14.4. The van der Waals surface area contributed by atoms with E-state index in [1.54, 1.807) is 7.11 Å². The highest BCUT2D eigenvalue weighted by molar-refractivity contribution is 5.76. The van der Waals surface area contributed by atoms with Gasteiger partial charge in [0.1, 0.15) is 5.82 Å². The first-order valence-corrected chi connectivity index (χ1v) is 7.99. The average Bonchev–Trinajstić information content (AvgIpc) is 3.17. The molecule has 0 aliphatic heterocycles. The molecule has 4 rings (SSSR count). The van der Waals surface area contributed by atoms with Crippen LogP contribution in [0, 0.1) is 11.8 Å². The van der Waals surface area contributed by atoms with Gasteiger partial charge in [-0.2, -0.15) is 0 Å². The van der Waals surface area contributed by atoms with Gasteiger partial charge < -0.3 is 15.0 Å². The second-order valence-corrected chi connectivity index (χ2v) is 6.54. The summed E-state index contributed by atoms with van der Waals surface area (Å²) in [6, 6.07) is 8.67. The molecule has 0 spiro atoms. The van der Waals surface area contributed by atoms with Crippen LogP contribution in [0.15, 0.2) is 24.3 Å². The molecule has 112 valence electrons. The molecule has 1 heterocycles. The lowest BCUT2D eigenvalue weighted by atomic mass is 9.84. The summed E-state index contributed by atoms with van der Waals surface area (Å²) in [6.45, 7) is 1.57. The third-order valence-electron chi connectivity index (χ3n) is 5.48. The first kappa shape index (κ1) is 13.3. The molecule has 2 fully saturated rings. The van der Waals surface area contributed by atoms with Crippen LogP contribution in [-0.4, -0.2) is 29.3 Å². The third-order valence-corrected chi connectivity index (χ3v) is 5.48. The predicted molar refractivity (Wildman–Crippen MR) is 83.2 cm³/mol. The van der Waals surface area contributed by atoms with E-state index in [0.29, 0.717) is 18.4 Å². The maximum Gasteiger partial charge on any atom is 0.114 e. The van der Waals surface area contributed by atoms with Gasteiger partial charge >= 0.3 is 0 Å². The number of imidazole rings is 1. The van der Waals surface area contributed by atoms with Gasteiger partial charge in [0.2, 0.25) is 0 Å². The van der Waals surface area contributed by atoms with E-state index < -0.39 is 0 Å². The van der Waals surface area contributed by atoms with Gasteiger partial charge in [0.05, 0.1) is 17.6 Å². The molecule has 2 N–H and O–H groups in total. The van der Waals surface area contributed by atoms with Crippen LogP contribution in [0.25, 0.3) is 11.0 Å². The van der Waals surface area contributed by atoms with E-state index in [2.05, 4.69) is 28.8 Å². The number of rotatable bonds is 4. The summed E-state index contributed by atoms with van der Waals surface area (Å²) in [7, 11) is 1.75. The van der Waals surface area contributed by atoms with Crippen LogP contribution < -0.4 is 5.73 Å². The van der Waals surface area contributed by atoms with Crippen molar-refractivity contribution >= 4 is 11.0 Å². The number of methoxy groups -OCH3 is 1. The fraction of sp³-hybridized carbons (Fsp3) is 0.588. The Morgan fingerprint density at radius 3 is 2.86 bits per heavy atom. The summed E-state index contributed by atoms with van der Waals surface area (Å²) in [5.74, 6) is 3.04. The largest absolute Gasteiger partial charge is 0.383 e. The summed E-state index contributed by atoms with van der Waals surface area (Å²) >= 11 is 0. The Hall–Kier alpha value is -1.39. The molecule has 1 aromatic carbocycles. The molecule has 2 saturated carbocycles. The Balaban J connectivity index is 1.80. The van der Waals surface area contributed by atoms with Crippen molar-refractivity contribution in [3.8, 4) is 0 Å². The molecule has 4 atom stereocenters. The molecule has 21 heavy (non-hydrogen) atoms. The van der Waals surface area contributed by atoms with Crippen LogP contribution in [0.4, 0.5) is 0 Å². The van der Waals surface area contributed by atoms with Crippen molar-refractivity contribution in [2.24, 2.45) is 17.6 Å². The van der Waals surface area contributed by atoms with E-state index in [1.165, 1.54) is 30.6 Å². The molecule has 0 saturated heterocycles. The lowest BCUT2D eigenvalue weighted by Gasteiger charge is -2.28. The van der Waals surface area contributed by atoms with Gasteiger partial charge in [-0.15, -0.1) is 0 Å². The molecule has 0 amide bonds. The van der Waals surface area contributed by atoms with E-state index in [9.17, 15) is 0 Å². The highest BCUT2D eigenvalue weighted by Gasteiger charge is 2.48. The number of hydrogen-bond acceptors (Lipinski definition) is 3. The summed E-state index contributed by atoms with van der Waals surface area (Å²) in [5, 5.41) is 0. The van der Waals surface area contributed by atoms with Crippen LogP contribution in [0.5, 0.6) is 0 Å². The van der Waals surface area contributed by atoms with Gasteiger partial charge in [0, 0.05) is 25.6 Å². The first-order chi connectivity index (χ1) is 10.3. The summed E-state index contributed by atoms with van der Waals surface area (Å²) in [4.78, 5) is 4.94.